The van der Waals surface area contributed by atoms with Gasteiger partial charge in [0.2, 0.25) is 0 Å². The molecule has 90 valence electrons. The molecule has 17 heavy (non-hydrogen) atoms. The molecule has 0 aliphatic rings. The highest BCUT2D eigenvalue weighted by molar-refractivity contribution is 5.94. The zero-order chi connectivity index (χ0) is 12.7. The Balaban J connectivity index is 2.53. The van der Waals surface area contributed by atoms with Crippen LogP contribution in [0.2, 0.25) is 0 Å². The summed E-state index contributed by atoms with van der Waals surface area (Å²) in [6.07, 6.45) is 1.46. The quantitative estimate of drug-likeness (QED) is 0.464. The van der Waals surface area contributed by atoms with Crippen molar-refractivity contribution in [2.45, 2.75) is 13.0 Å². The molecule has 4 nitrogen and oxygen atoms in total. The number of esters is 1. The number of carboxylic acids is 1. The first kappa shape index (κ1) is 13.0. The van der Waals surface area contributed by atoms with Gasteiger partial charge in [-0.15, -0.1) is 6.58 Å². The summed E-state index contributed by atoms with van der Waals surface area (Å²) < 4.78 is 4.94. The highest BCUT2D eigenvalue weighted by atomic mass is 16.5. The maximum absolute atomic E-state index is 11.5. The van der Waals surface area contributed by atoms with E-state index in [0.717, 1.165) is 5.56 Å². The monoisotopic (exact) mass is 234 g/mol. The van der Waals surface area contributed by atoms with Gasteiger partial charge in [-0.2, -0.15) is 0 Å². The fraction of sp³-hybridized carbons (Fsp3) is 0.231. The number of rotatable bonds is 6. The lowest BCUT2D eigenvalue weighted by Gasteiger charge is -2.10. The number of hydrogen-bond donors (Lipinski definition) is 1. The SMILES string of the molecule is C=CC[C@H](C(=O)O)C(=O)OCc1ccccc1. The van der Waals surface area contributed by atoms with Gasteiger partial charge < -0.3 is 9.84 Å². The van der Waals surface area contributed by atoms with Crippen molar-refractivity contribution in [1.29, 1.82) is 0 Å². The largest absolute Gasteiger partial charge is 0.481 e. The zero-order valence-corrected chi connectivity index (χ0v) is 9.33. The van der Waals surface area contributed by atoms with Crippen LogP contribution in [0.15, 0.2) is 43.0 Å². The minimum atomic E-state index is -1.19. The number of allylic oxidation sites excluding steroid dienone is 1. The molecule has 0 saturated heterocycles. The van der Waals surface area contributed by atoms with Gasteiger partial charge in [0.05, 0.1) is 0 Å². The molecule has 0 saturated carbocycles. The standard InChI is InChI=1S/C13H14O4/c1-2-6-11(12(14)15)13(16)17-9-10-7-4-3-5-8-10/h2-5,7-8,11H,1,6,9H2,(H,14,15)/t11-/m1/s1. The number of hydrogen-bond acceptors (Lipinski definition) is 3. The minimum Gasteiger partial charge on any atom is -0.481 e. The molecule has 1 aromatic carbocycles. The molecule has 4 heteroatoms. The first-order valence-electron chi connectivity index (χ1n) is 5.19. The van der Waals surface area contributed by atoms with Gasteiger partial charge >= 0.3 is 11.9 Å². The van der Waals surface area contributed by atoms with E-state index in [1.807, 2.05) is 18.2 Å². The van der Waals surface area contributed by atoms with E-state index >= 15 is 0 Å². The number of carbonyl (C=O) groups is 2. The average molecular weight is 234 g/mol. The summed E-state index contributed by atoms with van der Waals surface area (Å²) in [4.78, 5) is 22.3. The number of aliphatic carboxylic acids is 1. The van der Waals surface area contributed by atoms with E-state index in [-0.39, 0.29) is 13.0 Å². The molecule has 0 unspecified atom stereocenters. The van der Waals surface area contributed by atoms with E-state index in [9.17, 15) is 9.59 Å². The van der Waals surface area contributed by atoms with E-state index in [2.05, 4.69) is 6.58 Å². The van der Waals surface area contributed by atoms with E-state index in [1.165, 1.54) is 6.08 Å². The Morgan fingerprint density at radius 1 is 1.35 bits per heavy atom. The third kappa shape index (κ3) is 4.10. The van der Waals surface area contributed by atoms with Gasteiger partial charge in [-0.3, -0.25) is 9.59 Å². The molecule has 0 heterocycles. The van der Waals surface area contributed by atoms with Gasteiger partial charge in [0.1, 0.15) is 6.61 Å². The van der Waals surface area contributed by atoms with Crippen LogP contribution in [0.5, 0.6) is 0 Å². The van der Waals surface area contributed by atoms with Gasteiger partial charge in [-0.25, -0.2) is 0 Å². The zero-order valence-electron chi connectivity index (χ0n) is 9.33. The maximum atomic E-state index is 11.5. The van der Waals surface area contributed by atoms with Gasteiger partial charge in [-0.1, -0.05) is 36.4 Å². The summed E-state index contributed by atoms with van der Waals surface area (Å²) in [6, 6.07) is 9.10. The number of carboxylic acid groups (broad SMARTS) is 1. The fourth-order valence-electron chi connectivity index (χ4n) is 1.29. The Hall–Kier alpha value is -2.10. The predicted octanol–water partition coefficient (Wildman–Crippen LogP) is 2.01. The van der Waals surface area contributed by atoms with Crippen LogP contribution in [-0.2, 0) is 20.9 Å². The van der Waals surface area contributed by atoms with Crippen molar-refractivity contribution in [2.75, 3.05) is 0 Å². The summed E-state index contributed by atoms with van der Waals surface area (Å²) in [5.41, 5.74) is 0.823. The highest BCUT2D eigenvalue weighted by Crippen LogP contribution is 2.09. The van der Waals surface area contributed by atoms with Crippen molar-refractivity contribution < 1.29 is 19.4 Å². The van der Waals surface area contributed by atoms with Crippen molar-refractivity contribution in [3.05, 3.63) is 48.6 Å². The van der Waals surface area contributed by atoms with Crippen LogP contribution in [-0.4, -0.2) is 17.0 Å². The highest BCUT2D eigenvalue weighted by Gasteiger charge is 2.26. The number of carbonyl (C=O) groups excluding carboxylic acids is 1. The van der Waals surface area contributed by atoms with Crippen molar-refractivity contribution in [1.82, 2.24) is 0 Å². The summed E-state index contributed by atoms with van der Waals surface area (Å²) in [7, 11) is 0. The Labute approximate surface area is 99.5 Å². The molecule has 1 rings (SSSR count). The number of benzene rings is 1. The molecule has 0 radical (unpaired) electrons. The van der Waals surface area contributed by atoms with Crippen LogP contribution < -0.4 is 0 Å². The Morgan fingerprint density at radius 2 is 2.00 bits per heavy atom. The third-order valence-corrected chi connectivity index (χ3v) is 2.21. The van der Waals surface area contributed by atoms with Crippen molar-refractivity contribution >= 4 is 11.9 Å². The molecule has 0 bridgehead atoms. The molecule has 1 atom stereocenters. The molecule has 1 N–H and O–H groups in total. The molecule has 0 aliphatic carbocycles. The topological polar surface area (TPSA) is 63.6 Å². The predicted molar refractivity (Wildman–Crippen MR) is 62.2 cm³/mol. The second kappa shape index (κ2) is 6.48. The summed E-state index contributed by atoms with van der Waals surface area (Å²) >= 11 is 0. The molecular weight excluding hydrogens is 220 g/mol. The van der Waals surface area contributed by atoms with Crippen molar-refractivity contribution in [2.24, 2.45) is 5.92 Å². The summed E-state index contributed by atoms with van der Waals surface area (Å²) in [5, 5.41) is 8.82. The lowest BCUT2D eigenvalue weighted by atomic mass is 10.1. The van der Waals surface area contributed by atoms with Crippen LogP contribution in [0, 0.1) is 5.92 Å². The first-order valence-corrected chi connectivity index (χ1v) is 5.19. The lowest BCUT2D eigenvalue weighted by Crippen LogP contribution is -2.25. The second-order valence-electron chi connectivity index (χ2n) is 3.51. The van der Waals surface area contributed by atoms with E-state index in [0.29, 0.717) is 0 Å². The Bertz CT molecular complexity index is 397. The average Bonchev–Trinajstić information content (AvgIpc) is 2.34. The van der Waals surface area contributed by atoms with E-state index in [1.54, 1.807) is 12.1 Å². The van der Waals surface area contributed by atoms with Gasteiger partial charge in [-0.05, 0) is 12.0 Å². The van der Waals surface area contributed by atoms with Crippen LogP contribution in [0.1, 0.15) is 12.0 Å². The molecule has 0 fully saturated rings. The van der Waals surface area contributed by atoms with E-state index < -0.39 is 17.9 Å². The fourth-order valence-corrected chi connectivity index (χ4v) is 1.29. The summed E-state index contributed by atoms with van der Waals surface area (Å²) in [5.74, 6) is -3.10. The van der Waals surface area contributed by atoms with Crippen LogP contribution >= 0.6 is 0 Å². The van der Waals surface area contributed by atoms with Crippen LogP contribution in [0.4, 0.5) is 0 Å². The number of ether oxygens (including phenoxy) is 1. The molecular formula is C13H14O4. The van der Waals surface area contributed by atoms with Crippen molar-refractivity contribution in [3.63, 3.8) is 0 Å². The normalized spacial score (nSPS) is 11.5. The molecule has 0 aromatic heterocycles. The lowest BCUT2D eigenvalue weighted by molar-refractivity contribution is -0.159. The van der Waals surface area contributed by atoms with Crippen LogP contribution in [0.3, 0.4) is 0 Å². The third-order valence-electron chi connectivity index (χ3n) is 2.21. The van der Waals surface area contributed by atoms with Crippen LogP contribution in [0.25, 0.3) is 0 Å². The second-order valence-corrected chi connectivity index (χ2v) is 3.51. The Kier molecular flexibility index (Phi) is 4.94. The molecule has 0 amide bonds. The van der Waals surface area contributed by atoms with Crippen molar-refractivity contribution in [3.8, 4) is 0 Å². The molecule has 1 aromatic rings. The van der Waals surface area contributed by atoms with E-state index in [4.69, 9.17) is 9.84 Å². The van der Waals surface area contributed by atoms with Gasteiger partial charge in [0.25, 0.3) is 0 Å². The molecule has 0 spiro atoms. The maximum Gasteiger partial charge on any atom is 0.320 e. The first-order chi connectivity index (χ1) is 8.15. The summed E-state index contributed by atoms with van der Waals surface area (Å²) in [6.45, 7) is 3.50. The van der Waals surface area contributed by atoms with Gasteiger partial charge in [0, 0.05) is 0 Å². The van der Waals surface area contributed by atoms with Gasteiger partial charge in [0.15, 0.2) is 5.92 Å². The smallest absolute Gasteiger partial charge is 0.320 e. The minimum absolute atomic E-state index is 0.0724. The Morgan fingerprint density at radius 3 is 2.53 bits per heavy atom. The molecule has 0 aliphatic heterocycles.